The van der Waals surface area contributed by atoms with Gasteiger partial charge in [0.1, 0.15) is 0 Å². The highest BCUT2D eigenvalue weighted by Gasteiger charge is 2.37. The Balaban J connectivity index is 1.97. The summed E-state index contributed by atoms with van der Waals surface area (Å²) >= 11 is 0. The molecule has 0 saturated carbocycles. The van der Waals surface area contributed by atoms with Crippen molar-refractivity contribution >= 4 is 11.6 Å². The van der Waals surface area contributed by atoms with Crippen LogP contribution in [0.15, 0.2) is 18.2 Å². The van der Waals surface area contributed by atoms with Gasteiger partial charge in [-0.2, -0.15) is 0 Å². The number of amides is 1. The minimum atomic E-state index is 0.0504. The molecule has 0 bridgehead atoms. The summed E-state index contributed by atoms with van der Waals surface area (Å²) in [6, 6.07) is 6.47. The van der Waals surface area contributed by atoms with Crippen molar-refractivity contribution in [3.05, 3.63) is 29.3 Å². The number of benzene rings is 1. The van der Waals surface area contributed by atoms with Crippen LogP contribution >= 0.6 is 0 Å². The van der Waals surface area contributed by atoms with Crippen LogP contribution in [0.1, 0.15) is 50.7 Å². The topological polar surface area (TPSA) is 41.1 Å². The highest BCUT2D eigenvalue weighted by Crippen LogP contribution is 2.42. The second kappa shape index (κ2) is 4.88. The number of piperidine rings is 1. The summed E-state index contributed by atoms with van der Waals surface area (Å²) in [5, 5.41) is 6.44. The fraction of sp³-hybridized carbons (Fsp3) is 0.588. The predicted molar refractivity (Wildman–Crippen MR) is 82.1 cm³/mol. The van der Waals surface area contributed by atoms with Crippen molar-refractivity contribution in [2.24, 2.45) is 5.92 Å². The van der Waals surface area contributed by atoms with Gasteiger partial charge in [0.25, 0.3) is 0 Å². The fourth-order valence-corrected chi connectivity index (χ4v) is 3.40. The lowest BCUT2D eigenvalue weighted by Crippen LogP contribution is -2.33. The second-order valence-electron chi connectivity index (χ2n) is 7.11. The van der Waals surface area contributed by atoms with Crippen LogP contribution in [-0.2, 0) is 10.2 Å². The normalized spacial score (nSPS) is 23.6. The van der Waals surface area contributed by atoms with Gasteiger partial charge in [0, 0.05) is 5.69 Å². The Morgan fingerprint density at radius 2 is 1.85 bits per heavy atom. The maximum Gasteiger partial charge on any atom is 0.232 e. The van der Waals surface area contributed by atoms with Crippen LogP contribution in [0.5, 0.6) is 0 Å². The standard InChI is InChI=1S/C17H24N2O/c1-17(2,3)12-4-5-14-13(10-12)15(16(20)19-14)11-6-8-18-9-7-11/h4-5,10-11,15,18H,6-9H2,1-3H3,(H,19,20). The molecule has 20 heavy (non-hydrogen) atoms. The summed E-state index contributed by atoms with van der Waals surface area (Å²) in [6.45, 7) is 8.72. The molecule has 0 radical (unpaired) electrons. The second-order valence-corrected chi connectivity index (χ2v) is 7.11. The van der Waals surface area contributed by atoms with E-state index in [1.165, 1.54) is 11.1 Å². The first kappa shape index (κ1) is 13.6. The molecule has 1 atom stereocenters. The third-order valence-corrected chi connectivity index (χ3v) is 4.65. The molecular weight excluding hydrogens is 248 g/mol. The number of carbonyl (C=O) groups is 1. The zero-order valence-corrected chi connectivity index (χ0v) is 12.6. The lowest BCUT2D eigenvalue weighted by Gasteiger charge is -2.27. The number of anilines is 1. The molecule has 1 unspecified atom stereocenters. The van der Waals surface area contributed by atoms with E-state index < -0.39 is 0 Å². The Hall–Kier alpha value is -1.35. The highest BCUT2D eigenvalue weighted by atomic mass is 16.2. The van der Waals surface area contributed by atoms with E-state index in [-0.39, 0.29) is 17.2 Å². The number of rotatable bonds is 1. The van der Waals surface area contributed by atoms with Crippen molar-refractivity contribution in [3.8, 4) is 0 Å². The Kier molecular flexibility index (Phi) is 3.33. The third kappa shape index (κ3) is 2.35. The molecule has 1 saturated heterocycles. The lowest BCUT2D eigenvalue weighted by molar-refractivity contribution is -0.118. The molecule has 1 fully saturated rings. The van der Waals surface area contributed by atoms with Crippen molar-refractivity contribution in [3.63, 3.8) is 0 Å². The first-order valence-electron chi connectivity index (χ1n) is 7.63. The molecular formula is C17H24N2O. The predicted octanol–water partition coefficient (Wildman–Crippen LogP) is 3.02. The summed E-state index contributed by atoms with van der Waals surface area (Å²) in [4.78, 5) is 12.4. The van der Waals surface area contributed by atoms with E-state index in [0.29, 0.717) is 5.92 Å². The summed E-state index contributed by atoms with van der Waals surface area (Å²) in [5.74, 6) is 0.722. The van der Waals surface area contributed by atoms with E-state index >= 15 is 0 Å². The van der Waals surface area contributed by atoms with Crippen molar-refractivity contribution in [1.29, 1.82) is 0 Å². The Morgan fingerprint density at radius 1 is 1.15 bits per heavy atom. The lowest BCUT2D eigenvalue weighted by atomic mass is 9.79. The van der Waals surface area contributed by atoms with Crippen molar-refractivity contribution in [2.75, 3.05) is 18.4 Å². The van der Waals surface area contributed by atoms with Crippen molar-refractivity contribution in [1.82, 2.24) is 5.32 Å². The van der Waals surface area contributed by atoms with E-state index in [0.717, 1.165) is 31.6 Å². The first-order chi connectivity index (χ1) is 9.47. The van der Waals surface area contributed by atoms with Gasteiger partial charge in [-0.05, 0) is 54.5 Å². The molecule has 1 amide bonds. The van der Waals surface area contributed by atoms with Crippen LogP contribution in [0, 0.1) is 5.92 Å². The monoisotopic (exact) mass is 272 g/mol. The molecule has 108 valence electrons. The molecule has 3 nitrogen and oxygen atoms in total. The van der Waals surface area contributed by atoms with Crippen LogP contribution in [-0.4, -0.2) is 19.0 Å². The average molecular weight is 272 g/mol. The van der Waals surface area contributed by atoms with Gasteiger partial charge < -0.3 is 10.6 Å². The molecule has 2 heterocycles. The first-order valence-corrected chi connectivity index (χ1v) is 7.63. The van der Waals surface area contributed by atoms with E-state index in [4.69, 9.17) is 0 Å². The molecule has 0 spiro atoms. The molecule has 2 N–H and O–H groups in total. The molecule has 2 aliphatic rings. The smallest absolute Gasteiger partial charge is 0.232 e. The van der Waals surface area contributed by atoms with Gasteiger partial charge in [-0.3, -0.25) is 4.79 Å². The van der Waals surface area contributed by atoms with Crippen LogP contribution in [0.2, 0.25) is 0 Å². The van der Waals surface area contributed by atoms with Crippen LogP contribution in [0.3, 0.4) is 0 Å². The average Bonchev–Trinajstić information content (AvgIpc) is 2.73. The number of hydrogen-bond acceptors (Lipinski definition) is 2. The molecule has 2 aliphatic heterocycles. The highest BCUT2D eigenvalue weighted by molar-refractivity contribution is 6.03. The van der Waals surface area contributed by atoms with Crippen LogP contribution < -0.4 is 10.6 Å². The molecule has 1 aromatic rings. The van der Waals surface area contributed by atoms with Gasteiger partial charge in [-0.15, -0.1) is 0 Å². The van der Waals surface area contributed by atoms with Gasteiger partial charge in [-0.1, -0.05) is 32.9 Å². The SMILES string of the molecule is CC(C)(C)c1ccc2c(c1)C(C1CCNCC1)C(=O)N2. The summed E-state index contributed by atoms with van der Waals surface area (Å²) in [6.07, 6.45) is 2.19. The zero-order chi connectivity index (χ0) is 14.3. The van der Waals surface area contributed by atoms with E-state index in [9.17, 15) is 4.79 Å². The van der Waals surface area contributed by atoms with Crippen molar-refractivity contribution < 1.29 is 4.79 Å². The third-order valence-electron chi connectivity index (χ3n) is 4.65. The van der Waals surface area contributed by atoms with Gasteiger partial charge in [0.05, 0.1) is 5.92 Å². The molecule has 3 rings (SSSR count). The minimum Gasteiger partial charge on any atom is -0.325 e. The number of hydrogen-bond donors (Lipinski definition) is 2. The Morgan fingerprint density at radius 3 is 2.50 bits per heavy atom. The number of fused-ring (bicyclic) bond motifs is 1. The Labute approximate surface area is 121 Å². The number of nitrogens with one attached hydrogen (secondary N) is 2. The maximum atomic E-state index is 12.4. The van der Waals surface area contributed by atoms with Crippen LogP contribution in [0.4, 0.5) is 5.69 Å². The van der Waals surface area contributed by atoms with Gasteiger partial charge in [-0.25, -0.2) is 0 Å². The van der Waals surface area contributed by atoms with E-state index in [1.54, 1.807) is 0 Å². The fourth-order valence-electron chi connectivity index (χ4n) is 3.40. The number of carbonyl (C=O) groups excluding carboxylic acids is 1. The van der Waals surface area contributed by atoms with Crippen LogP contribution in [0.25, 0.3) is 0 Å². The van der Waals surface area contributed by atoms with Crippen molar-refractivity contribution in [2.45, 2.75) is 44.9 Å². The molecule has 3 heteroatoms. The van der Waals surface area contributed by atoms with Gasteiger partial charge in [0.2, 0.25) is 5.91 Å². The maximum absolute atomic E-state index is 12.4. The van der Waals surface area contributed by atoms with E-state index in [1.807, 2.05) is 0 Å². The largest absolute Gasteiger partial charge is 0.325 e. The Bertz CT molecular complexity index is 524. The summed E-state index contributed by atoms with van der Waals surface area (Å²) < 4.78 is 0. The molecule has 0 aromatic heterocycles. The van der Waals surface area contributed by atoms with Gasteiger partial charge in [0.15, 0.2) is 0 Å². The molecule has 0 aliphatic carbocycles. The quantitative estimate of drug-likeness (QED) is 0.825. The molecule has 1 aromatic carbocycles. The van der Waals surface area contributed by atoms with E-state index in [2.05, 4.69) is 49.6 Å². The zero-order valence-electron chi connectivity index (χ0n) is 12.6. The van der Waals surface area contributed by atoms with Gasteiger partial charge >= 0.3 is 0 Å². The summed E-state index contributed by atoms with van der Waals surface area (Å²) in [7, 11) is 0. The summed E-state index contributed by atoms with van der Waals surface area (Å²) in [5.41, 5.74) is 3.67. The minimum absolute atomic E-state index is 0.0504.